The van der Waals surface area contributed by atoms with Gasteiger partial charge in [0.05, 0.1) is 18.8 Å². The van der Waals surface area contributed by atoms with Gasteiger partial charge in [-0.25, -0.2) is 4.79 Å². The number of carbonyl (C=O) groups excluding carboxylic acids is 2. The Kier molecular flexibility index (Phi) is 8.29. The zero-order valence-corrected chi connectivity index (χ0v) is 19.7. The maximum absolute atomic E-state index is 12.6. The van der Waals surface area contributed by atoms with E-state index >= 15 is 0 Å². The van der Waals surface area contributed by atoms with Crippen LogP contribution in [0.5, 0.6) is 5.75 Å². The number of carbonyl (C=O) groups is 3. The van der Waals surface area contributed by atoms with Crippen LogP contribution in [-0.2, 0) is 9.59 Å². The molecule has 4 N–H and O–H groups in total. The first kappa shape index (κ1) is 25.1. The number of para-hydroxylation sites is 1. The molecule has 0 fully saturated rings. The van der Waals surface area contributed by atoms with E-state index in [9.17, 15) is 14.4 Å². The fourth-order valence-corrected chi connectivity index (χ4v) is 3.55. The maximum Gasteiger partial charge on any atom is 0.323 e. The lowest BCUT2D eigenvalue weighted by Gasteiger charge is -2.21. The van der Waals surface area contributed by atoms with Crippen LogP contribution in [0.15, 0.2) is 78.7 Å². The van der Waals surface area contributed by atoms with Crippen molar-refractivity contribution < 1.29 is 24.2 Å². The van der Waals surface area contributed by atoms with Crippen molar-refractivity contribution in [1.82, 2.24) is 10.2 Å². The van der Waals surface area contributed by atoms with Crippen LogP contribution < -0.4 is 20.7 Å². The van der Waals surface area contributed by atoms with Crippen LogP contribution in [0.1, 0.15) is 24.1 Å². The number of benzene rings is 2. The second kappa shape index (κ2) is 11.6. The summed E-state index contributed by atoms with van der Waals surface area (Å²) in [6.45, 7) is 3.14. The van der Waals surface area contributed by atoms with Gasteiger partial charge in [-0.2, -0.15) is 0 Å². The smallest absolute Gasteiger partial charge is 0.323 e. The quantitative estimate of drug-likeness (QED) is 0.454. The third kappa shape index (κ3) is 6.97. The molecule has 182 valence electrons. The number of nitrogens with one attached hydrogen (secondary N) is 3. The van der Waals surface area contributed by atoms with Crippen LogP contribution in [0.4, 0.5) is 16.2 Å². The number of urea groups is 1. The molecule has 9 nitrogen and oxygen atoms in total. The molecule has 0 bridgehead atoms. The van der Waals surface area contributed by atoms with E-state index in [1.54, 1.807) is 48.8 Å². The third-order valence-corrected chi connectivity index (χ3v) is 5.22. The number of aryl methyl sites for hydroxylation is 1. The summed E-state index contributed by atoms with van der Waals surface area (Å²) in [6, 6.07) is 11.7. The lowest BCUT2D eigenvalue weighted by molar-refractivity contribution is -0.137. The van der Waals surface area contributed by atoms with Gasteiger partial charge >= 0.3 is 12.0 Å². The Morgan fingerprint density at radius 1 is 1.06 bits per heavy atom. The molecule has 1 atom stereocenters. The molecular formula is C26H28N4O5. The second-order valence-corrected chi connectivity index (χ2v) is 7.88. The van der Waals surface area contributed by atoms with E-state index in [1.165, 1.54) is 18.9 Å². The lowest BCUT2D eigenvalue weighted by atomic mass is 9.97. The average molecular weight is 477 g/mol. The van der Waals surface area contributed by atoms with Gasteiger partial charge in [0.15, 0.2) is 0 Å². The zero-order valence-electron chi connectivity index (χ0n) is 19.7. The molecule has 1 unspecified atom stereocenters. The molecule has 35 heavy (non-hydrogen) atoms. The van der Waals surface area contributed by atoms with E-state index in [1.807, 2.05) is 31.2 Å². The maximum atomic E-state index is 12.6. The highest BCUT2D eigenvalue weighted by Crippen LogP contribution is 2.32. The van der Waals surface area contributed by atoms with Gasteiger partial charge in [0.2, 0.25) is 5.91 Å². The van der Waals surface area contributed by atoms with Crippen LogP contribution >= 0.6 is 0 Å². The third-order valence-electron chi connectivity index (χ3n) is 5.22. The molecule has 0 radical (unpaired) electrons. The Morgan fingerprint density at radius 3 is 2.49 bits per heavy atom. The summed E-state index contributed by atoms with van der Waals surface area (Å²) in [7, 11) is 1.49. The largest absolute Gasteiger partial charge is 0.495 e. The minimum Gasteiger partial charge on any atom is -0.495 e. The number of methoxy groups -OCH3 is 1. The summed E-state index contributed by atoms with van der Waals surface area (Å²) in [4.78, 5) is 37.1. The normalized spacial score (nSPS) is 13.3. The Balaban J connectivity index is 1.83. The first-order valence-corrected chi connectivity index (χ1v) is 10.9. The highest BCUT2D eigenvalue weighted by Gasteiger charge is 2.20. The summed E-state index contributed by atoms with van der Waals surface area (Å²) in [5, 5.41) is 17.6. The molecule has 2 aromatic carbocycles. The number of carboxylic acids is 1. The number of allylic oxidation sites excluding steroid dienone is 2. The van der Waals surface area contributed by atoms with Crippen molar-refractivity contribution in [3.05, 3.63) is 89.8 Å². The van der Waals surface area contributed by atoms with Gasteiger partial charge in [-0.15, -0.1) is 0 Å². The van der Waals surface area contributed by atoms with Crippen LogP contribution in [0.25, 0.3) is 0 Å². The molecule has 2 aromatic rings. The van der Waals surface area contributed by atoms with E-state index in [2.05, 4.69) is 16.0 Å². The number of aliphatic carboxylic acids is 1. The van der Waals surface area contributed by atoms with Crippen molar-refractivity contribution in [2.75, 3.05) is 24.3 Å². The van der Waals surface area contributed by atoms with E-state index in [0.717, 1.165) is 16.7 Å². The van der Waals surface area contributed by atoms with Crippen LogP contribution in [-0.4, -0.2) is 41.6 Å². The zero-order chi connectivity index (χ0) is 25.4. The number of amides is 3. The van der Waals surface area contributed by atoms with E-state index in [0.29, 0.717) is 17.1 Å². The summed E-state index contributed by atoms with van der Waals surface area (Å²) < 4.78 is 5.51. The summed E-state index contributed by atoms with van der Waals surface area (Å²) >= 11 is 0. The molecule has 3 rings (SSSR count). The van der Waals surface area contributed by atoms with Gasteiger partial charge in [-0.1, -0.05) is 30.3 Å². The molecule has 0 aliphatic carbocycles. The lowest BCUT2D eigenvalue weighted by Crippen LogP contribution is -2.27. The number of ether oxygens (including phenoxy) is 1. The van der Waals surface area contributed by atoms with Gasteiger partial charge in [0, 0.05) is 25.0 Å². The molecule has 0 aromatic heterocycles. The predicted molar refractivity (Wildman–Crippen MR) is 134 cm³/mol. The fourth-order valence-electron chi connectivity index (χ4n) is 3.55. The van der Waals surface area contributed by atoms with Crippen LogP contribution in [0.2, 0.25) is 0 Å². The highest BCUT2D eigenvalue weighted by molar-refractivity contribution is 6.01. The average Bonchev–Trinajstić information content (AvgIpc) is 3.04. The molecule has 0 saturated heterocycles. The highest BCUT2D eigenvalue weighted by atomic mass is 16.5. The van der Waals surface area contributed by atoms with Crippen molar-refractivity contribution in [2.45, 2.75) is 19.9 Å². The molecular weight excluding hydrogens is 448 g/mol. The first-order valence-electron chi connectivity index (χ1n) is 10.9. The molecule has 3 amide bonds. The monoisotopic (exact) mass is 476 g/mol. The molecule has 9 heteroatoms. The van der Waals surface area contributed by atoms with Crippen molar-refractivity contribution in [2.24, 2.45) is 0 Å². The van der Waals surface area contributed by atoms with Gasteiger partial charge < -0.3 is 30.7 Å². The van der Waals surface area contributed by atoms with Gasteiger partial charge in [0.1, 0.15) is 12.3 Å². The van der Waals surface area contributed by atoms with Crippen molar-refractivity contribution in [1.29, 1.82) is 0 Å². The molecule has 0 spiro atoms. The fraction of sp³-hybridized carbons (Fsp3) is 0.192. The van der Waals surface area contributed by atoms with Crippen molar-refractivity contribution >= 4 is 29.3 Å². The molecule has 1 aliphatic rings. The SMILES string of the molecule is COc1cc(C(NC(C)=O)C2=CC=CN(CC(=O)O)C=C2)ccc1NC(=O)Nc1ccccc1C. The number of carboxylic acid groups (broad SMARTS) is 1. The number of rotatable bonds is 8. The van der Waals surface area contributed by atoms with E-state index in [-0.39, 0.29) is 12.5 Å². The Morgan fingerprint density at radius 2 is 1.80 bits per heavy atom. The molecule has 0 saturated carbocycles. The van der Waals surface area contributed by atoms with Crippen molar-refractivity contribution in [3.8, 4) is 5.75 Å². The predicted octanol–water partition coefficient (Wildman–Crippen LogP) is 4.18. The first-order chi connectivity index (χ1) is 16.8. The van der Waals surface area contributed by atoms with E-state index < -0.39 is 18.0 Å². The van der Waals surface area contributed by atoms with Gasteiger partial charge in [-0.05, 0) is 54.0 Å². The van der Waals surface area contributed by atoms with Crippen LogP contribution in [0.3, 0.4) is 0 Å². The summed E-state index contributed by atoms with van der Waals surface area (Å²) in [5.74, 6) is -0.779. The summed E-state index contributed by atoms with van der Waals surface area (Å²) in [5.41, 5.74) is 3.55. The molecule has 1 heterocycles. The van der Waals surface area contributed by atoms with Gasteiger partial charge in [-0.3, -0.25) is 9.59 Å². The minimum absolute atomic E-state index is 0.183. The molecule has 1 aliphatic heterocycles. The second-order valence-electron chi connectivity index (χ2n) is 7.88. The minimum atomic E-state index is -0.958. The van der Waals surface area contributed by atoms with Gasteiger partial charge in [0.25, 0.3) is 0 Å². The summed E-state index contributed by atoms with van der Waals surface area (Å²) in [6.07, 6.45) is 8.55. The van der Waals surface area contributed by atoms with E-state index in [4.69, 9.17) is 9.84 Å². The Labute approximate surface area is 203 Å². The topological polar surface area (TPSA) is 120 Å². The standard InChI is InChI=1S/C26H28N4O5/c1-17-7-4-5-9-21(17)28-26(34)29-22-11-10-20(15-23(22)35-3)25(27-18(2)31)19-8-6-13-30(14-12-19)16-24(32)33/h4-15,25H,16H2,1-3H3,(H,27,31)(H,32,33)(H2,28,29,34). The van der Waals surface area contributed by atoms with Crippen molar-refractivity contribution in [3.63, 3.8) is 0 Å². The van der Waals surface area contributed by atoms with Crippen LogP contribution in [0, 0.1) is 6.92 Å². The number of nitrogens with zero attached hydrogens (tertiary/aromatic N) is 1. The number of anilines is 2. The Hall–Kier alpha value is -4.53. The Bertz CT molecular complexity index is 1200. The number of hydrogen-bond acceptors (Lipinski definition) is 5. The number of hydrogen-bond donors (Lipinski definition) is 4.